The fraction of sp³-hybridized carbons (Fsp3) is 0.438. The number of carboxylic acids is 1. The normalized spacial score (nSPS) is 18.6. The third-order valence-electron chi connectivity index (χ3n) is 3.89. The van der Waals surface area contributed by atoms with Crippen molar-refractivity contribution in [2.45, 2.75) is 19.4 Å². The summed E-state index contributed by atoms with van der Waals surface area (Å²) in [6, 6.07) is 8.27. The van der Waals surface area contributed by atoms with E-state index in [-0.39, 0.29) is 12.5 Å². The molecule has 1 fully saturated rings. The first kappa shape index (κ1) is 16.8. The number of nitrogens with one attached hydrogen (secondary N) is 1. The number of carbonyl (C=O) groups excluding carboxylic acids is 2. The topological polar surface area (TPSA) is 90.0 Å². The van der Waals surface area contributed by atoms with Crippen LogP contribution in [0.2, 0.25) is 0 Å². The number of anilines is 1. The molecule has 2 rings (SSSR count). The zero-order chi connectivity index (χ0) is 17.0. The van der Waals surface area contributed by atoms with E-state index in [1.165, 1.54) is 18.9 Å². The molecule has 0 aliphatic carbocycles. The minimum atomic E-state index is -0.961. The molecule has 0 saturated carbocycles. The summed E-state index contributed by atoms with van der Waals surface area (Å²) in [7, 11) is 1.52. The van der Waals surface area contributed by atoms with Crippen LogP contribution in [-0.2, 0) is 9.59 Å². The molecule has 7 nitrogen and oxygen atoms in total. The first-order chi connectivity index (χ1) is 10.9. The Morgan fingerprint density at radius 3 is 2.65 bits per heavy atom. The molecule has 2 atom stereocenters. The van der Waals surface area contributed by atoms with Crippen LogP contribution in [0.15, 0.2) is 30.3 Å². The van der Waals surface area contributed by atoms with Crippen molar-refractivity contribution in [2.24, 2.45) is 5.92 Å². The lowest BCUT2D eigenvalue weighted by Crippen LogP contribution is -2.48. The standard InChI is InChI=1S/C16H21N3O4/c1-11(15(21)22)10-18(2)16(23)17-13-8-9-19(14(13)20)12-6-4-3-5-7-12/h3-7,11,13H,8-10H2,1-2H3,(H,17,23)(H,21,22). The minimum Gasteiger partial charge on any atom is -0.481 e. The zero-order valence-electron chi connectivity index (χ0n) is 13.2. The highest BCUT2D eigenvalue weighted by molar-refractivity contribution is 6.01. The van der Waals surface area contributed by atoms with Crippen LogP contribution in [0.1, 0.15) is 13.3 Å². The van der Waals surface area contributed by atoms with Crippen molar-refractivity contribution in [2.75, 3.05) is 25.0 Å². The Kier molecular flexibility index (Phi) is 5.20. The molecular formula is C16H21N3O4. The van der Waals surface area contributed by atoms with Gasteiger partial charge in [0, 0.05) is 25.8 Å². The van der Waals surface area contributed by atoms with Crippen molar-refractivity contribution in [1.29, 1.82) is 0 Å². The SMILES string of the molecule is CC(CN(C)C(=O)NC1CCN(c2ccccc2)C1=O)C(=O)O. The van der Waals surface area contributed by atoms with Gasteiger partial charge in [-0.1, -0.05) is 25.1 Å². The Bertz CT molecular complexity index is 590. The maximum atomic E-state index is 12.4. The zero-order valence-corrected chi connectivity index (χ0v) is 13.2. The third-order valence-corrected chi connectivity index (χ3v) is 3.89. The average Bonchev–Trinajstić information content (AvgIpc) is 2.89. The van der Waals surface area contributed by atoms with Gasteiger partial charge in [0.2, 0.25) is 5.91 Å². The lowest BCUT2D eigenvalue weighted by molar-refractivity contribution is -0.141. The Morgan fingerprint density at radius 1 is 1.39 bits per heavy atom. The maximum Gasteiger partial charge on any atom is 0.317 e. The van der Waals surface area contributed by atoms with E-state index in [1.54, 1.807) is 4.90 Å². The summed E-state index contributed by atoms with van der Waals surface area (Å²) < 4.78 is 0. The van der Waals surface area contributed by atoms with Gasteiger partial charge in [-0.25, -0.2) is 4.79 Å². The predicted octanol–water partition coefficient (Wildman–Crippen LogP) is 1.15. The molecular weight excluding hydrogens is 298 g/mol. The summed E-state index contributed by atoms with van der Waals surface area (Å²) in [5, 5.41) is 11.6. The number of urea groups is 1. The number of carbonyl (C=O) groups is 3. The van der Waals surface area contributed by atoms with Crippen molar-refractivity contribution in [3.05, 3.63) is 30.3 Å². The van der Waals surface area contributed by atoms with Gasteiger partial charge in [0.15, 0.2) is 0 Å². The summed E-state index contributed by atoms with van der Waals surface area (Å²) in [6.45, 7) is 2.16. The number of amides is 3. The van der Waals surface area contributed by atoms with Crippen LogP contribution in [-0.4, -0.2) is 54.1 Å². The van der Waals surface area contributed by atoms with Crippen molar-refractivity contribution in [3.63, 3.8) is 0 Å². The van der Waals surface area contributed by atoms with Crippen LogP contribution >= 0.6 is 0 Å². The summed E-state index contributed by atoms with van der Waals surface area (Å²) >= 11 is 0. The molecule has 1 aliphatic rings. The van der Waals surface area contributed by atoms with E-state index in [9.17, 15) is 14.4 Å². The van der Waals surface area contributed by atoms with Gasteiger partial charge in [-0.3, -0.25) is 9.59 Å². The summed E-state index contributed by atoms with van der Waals surface area (Å²) in [4.78, 5) is 38.3. The predicted molar refractivity (Wildman–Crippen MR) is 85.2 cm³/mol. The summed E-state index contributed by atoms with van der Waals surface area (Å²) in [5.41, 5.74) is 0.808. The Hall–Kier alpha value is -2.57. The quantitative estimate of drug-likeness (QED) is 0.852. The Labute approximate surface area is 134 Å². The molecule has 1 aliphatic heterocycles. The smallest absolute Gasteiger partial charge is 0.317 e. The number of rotatable bonds is 5. The number of hydrogen-bond donors (Lipinski definition) is 2. The molecule has 0 spiro atoms. The van der Waals surface area contributed by atoms with Crippen molar-refractivity contribution in [3.8, 4) is 0 Å². The molecule has 2 N–H and O–H groups in total. The molecule has 3 amide bonds. The maximum absolute atomic E-state index is 12.4. The lowest BCUT2D eigenvalue weighted by atomic mass is 10.2. The van der Waals surface area contributed by atoms with E-state index in [4.69, 9.17) is 5.11 Å². The largest absolute Gasteiger partial charge is 0.481 e. The molecule has 1 heterocycles. The van der Waals surface area contributed by atoms with Crippen LogP contribution in [0.5, 0.6) is 0 Å². The fourth-order valence-corrected chi connectivity index (χ4v) is 2.51. The molecule has 2 unspecified atom stereocenters. The molecule has 23 heavy (non-hydrogen) atoms. The first-order valence-corrected chi connectivity index (χ1v) is 7.51. The summed E-state index contributed by atoms with van der Waals surface area (Å²) in [6.07, 6.45) is 0.530. The number of carboxylic acid groups (broad SMARTS) is 1. The average molecular weight is 319 g/mol. The van der Waals surface area contributed by atoms with Crippen LogP contribution in [0.3, 0.4) is 0 Å². The number of hydrogen-bond acceptors (Lipinski definition) is 3. The van der Waals surface area contributed by atoms with E-state index in [2.05, 4.69) is 5.32 Å². The lowest BCUT2D eigenvalue weighted by Gasteiger charge is -2.22. The molecule has 1 aromatic carbocycles. The minimum absolute atomic E-state index is 0.0878. The fourth-order valence-electron chi connectivity index (χ4n) is 2.51. The van der Waals surface area contributed by atoms with Crippen LogP contribution in [0, 0.1) is 5.92 Å². The highest BCUT2D eigenvalue weighted by atomic mass is 16.4. The van der Waals surface area contributed by atoms with E-state index < -0.39 is 24.0 Å². The van der Waals surface area contributed by atoms with Crippen molar-refractivity contribution >= 4 is 23.6 Å². The monoisotopic (exact) mass is 319 g/mol. The van der Waals surface area contributed by atoms with Gasteiger partial charge < -0.3 is 20.2 Å². The van der Waals surface area contributed by atoms with E-state index in [0.717, 1.165) is 5.69 Å². The van der Waals surface area contributed by atoms with E-state index >= 15 is 0 Å². The summed E-state index contributed by atoms with van der Waals surface area (Å²) in [5.74, 6) is -1.77. The van der Waals surface area contributed by atoms with Gasteiger partial charge in [0.05, 0.1) is 5.92 Å². The highest BCUT2D eigenvalue weighted by Crippen LogP contribution is 2.21. The van der Waals surface area contributed by atoms with E-state index in [1.807, 2.05) is 30.3 Å². The molecule has 1 aromatic rings. The number of aliphatic carboxylic acids is 1. The second-order valence-electron chi connectivity index (χ2n) is 5.74. The Morgan fingerprint density at radius 2 is 2.04 bits per heavy atom. The van der Waals surface area contributed by atoms with E-state index in [0.29, 0.717) is 13.0 Å². The molecule has 124 valence electrons. The third kappa shape index (κ3) is 4.00. The molecule has 0 aromatic heterocycles. The number of para-hydroxylation sites is 1. The molecule has 0 radical (unpaired) electrons. The van der Waals surface area contributed by atoms with Gasteiger partial charge in [0.1, 0.15) is 6.04 Å². The second-order valence-corrected chi connectivity index (χ2v) is 5.74. The van der Waals surface area contributed by atoms with Gasteiger partial charge >= 0.3 is 12.0 Å². The number of benzene rings is 1. The first-order valence-electron chi connectivity index (χ1n) is 7.51. The highest BCUT2D eigenvalue weighted by Gasteiger charge is 2.34. The van der Waals surface area contributed by atoms with Crippen molar-refractivity contribution in [1.82, 2.24) is 10.2 Å². The van der Waals surface area contributed by atoms with Gasteiger partial charge in [0.25, 0.3) is 0 Å². The molecule has 0 bridgehead atoms. The Balaban J connectivity index is 1.92. The van der Waals surface area contributed by atoms with Gasteiger partial charge in [-0.15, -0.1) is 0 Å². The second kappa shape index (κ2) is 7.13. The van der Waals surface area contributed by atoms with Gasteiger partial charge in [-0.2, -0.15) is 0 Å². The van der Waals surface area contributed by atoms with Crippen LogP contribution in [0.4, 0.5) is 10.5 Å². The number of nitrogens with zero attached hydrogens (tertiary/aromatic N) is 2. The van der Waals surface area contributed by atoms with Crippen LogP contribution < -0.4 is 10.2 Å². The molecule has 7 heteroatoms. The van der Waals surface area contributed by atoms with Crippen molar-refractivity contribution < 1.29 is 19.5 Å². The van der Waals surface area contributed by atoms with Gasteiger partial charge in [-0.05, 0) is 18.6 Å². The van der Waals surface area contributed by atoms with Crippen LogP contribution in [0.25, 0.3) is 0 Å². The molecule has 1 saturated heterocycles.